The first-order valence-electron chi connectivity index (χ1n) is 14.9. The Morgan fingerprint density at radius 1 is 0.872 bits per heavy atom. The Labute approximate surface area is 276 Å². The average Bonchev–Trinajstić information content (AvgIpc) is 2.94. The van der Waals surface area contributed by atoms with Crippen molar-refractivity contribution in [3.8, 4) is 0 Å². The van der Waals surface area contributed by atoms with E-state index in [1.54, 1.807) is 27.8 Å². The van der Waals surface area contributed by atoms with Gasteiger partial charge < -0.3 is 60.8 Å². The van der Waals surface area contributed by atoms with Crippen LogP contribution in [0.4, 0.5) is 0 Å². The van der Waals surface area contributed by atoms with E-state index in [4.69, 9.17) is 19.3 Å². The van der Waals surface area contributed by atoms with Gasteiger partial charge in [0, 0.05) is 46.1 Å². The van der Waals surface area contributed by atoms with Gasteiger partial charge in [0.2, 0.25) is 23.5 Å². The van der Waals surface area contributed by atoms with Gasteiger partial charge in [-0.25, -0.2) is 9.59 Å². The second kappa shape index (κ2) is 19.8. The summed E-state index contributed by atoms with van der Waals surface area (Å²) in [7, 11) is 3.90. The molecule has 0 bridgehead atoms. The van der Waals surface area contributed by atoms with Gasteiger partial charge in [0.05, 0.1) is 48.4 Å². The molecule has 4 unspecified atom stereocenters. The van der Waals surface area contributed by atoms with Gasteiger partial charge in [-0.05, 0) is 26.8 Å². The number of carboxylic acid groups (broad SMARTS) is 2. The van der Waals surface area contributed by atoms with Gasteiger partial charge in [0.1, 0.15) is 6.10 Å². The number of aliphatic hydroxyl groups is 4. The summed E-state index contributed by atoms with van der Waals surface area (Å²) in [4.78, 5) is 54.8. The fraction of sp³-hybridized carbons (Fsp3) is 0.759. The number of aliphatic carboxylic acids is 2. The molecule has 1 saturated heterocycles. The van der Waals surface area contributed by atoms with E-state index in [0.717, 1.165) is 6.08 Å². The highest BCUT2D eigenvalue weighted by atomic mass is 31.0. The predicted octanol–water partition coefficient (Wildman–Crippen LogP) is -1.34. The normalized spacial score (nSPS) is 30.0. The van der Waals surface area contributed by atoms with Crippen molar-refractivity contribution >= 4 is 38.9 Å². The molecule has 0 radical (unpaired) electrons. The summed E-state index contributed by atoms with van der Waals surface area (Å²) in [5.74, 6) is -7.37. The molecule has 272 valence electrons. The van der Waals surface area contributed by atoms with Crippen LogP contribution in [-0.2, 0) is 38.2 Å². The number of amides is 3. The fourth-order valence-electron chi connectivity index (χ4n) is 4.59. The minimum absolute atomic E-state index is 0.00463. The van der Waals surface area contributed by atoms with Crippen LogP contribution in [0.25, 0.3) is 0 Å². The molecule has 0 aromatic heterocycles. The van der Waals surface area contributed by atoms with Crippen LogP contribution >= 0.6 is 9.24 Å². The third-order valence-corrected chi connectivity index (χ3v) is 7.58. The molecule has 0 aliphatic carbocycles. The second-order valence-electron chi connectivity index (χ2n) is 11.6. The van der Waals surface area contributed by atoms with Crippen LogP contribution < -0.4 is 16.0 Å². The highest BCUT2D eigenvalue weighted by Gasteiger charge is 2.55. The summed E-state index contributed by atoms with van der Waals surface area (Å²) in [5.41, 5.74) is 0. The van der Waals surface area contributed by atoms with E-state index in [1.807, 2.05) is 0 Å². The van der Waals surface area contributed by atoms with E-state index in [1.165, 1.54) is 34.6 Å². The fourth-order valence-corrected chi connectivity index (χ4v) is 4.81. The maximum absolute atomic E-state index is 11.7. The van der Waals surface area contributed by atoms with Gasteiger partial charge in [-0.3, -0.25) is 14.4 Å². The third-order valence-electron chi connectivity index (χ3n) is 7.44. The van der Waals surface area contributed by atoms with Crippen LogP contribution in [0.15, 0.2) is 11.8 Å². The SMILES string of the molecule is CC(=O)N[C@@H]1C([C@@H](C)[C@H](C)O)OC(C(=O)O)=C[C@H]1O.CC(=O)N[C@@H]1C([C@@H](C)[C@H](C)O)O[C@](OC(C)P)(C(=O)O)C[C@H]1O.CNC(C)=O. The number of hydrogen-bond donors (Lipinski definition) is 9. The molecule has 2 aliphatic rings. The average molecular weight is 698 g/mol. The molecule has 0 spiro atoms. The number of hydrogen-bond acceptors (Lipinski definition) is 12. The zero-order valence-electron chi connectivity index (χ0n) is 28.2. The number of rotatable bonds is 10. The summed E-state index contributed by atoms with van der Waals surface area (Å²) in [6.45, 7) is 12.0. The van der Waals surface area contributed by atoms with Crippen LogP contribution in [-0.4, -0.2) is 128 Å². The van der Waals surface area contributed by atoms with E-state index in [2.05, 4.69) is 25.2 Å². The van der Waals surface area contributed by atoms with Gasteiger partial charge >= 0.3 is 11.9 Å². The first-order chi connectivity index (χ1) is 21.5. The molecule has 13 atom stereocenters. The molecule has 2 rings (SSSR count). The van der Waals surface area contributed by atoms with Crippen molar-refractivity contribution in [1.82, 2.24) is 16.0 Å². The lowest BCUT2D eigenvalue weighted by Crippen LogP contribution is -2.66. The minimum Gasteiger partial charge on any atom is -0.481 e. The molecule has 2 heterocycles. The lowest BCUT2D eigenvalue weighted by atomic mass is 9.84. The first kappa shape index (κ1) is 44.1. The first-order valence-corrected chi connectivity index (χ1v) is 15.6. The van der Waals surface area contributed by atoms with Crippen molar-refractivity contribution in [2.75, 3.05) is 7.05 Å². The lowest BCUT2D eigenvalue weighted by molar-refractivity contribution is -0.307. The zero-order chi connectivity index (χ0) is 37.0. The monoisotopic (exact) mass is 697 g/mol. The molecule has 0 saturated carbocycles. The number of carboxylic acids is 2. The van der Waals surface area contributed by atoms with Crippen LogP contribution in [0.5, 0.6) is 0 Å². The van der Waals surface area contributed by atoms with Crippen molar-refractivity contribution in [3.05, 3.63) is 11.8 Å². The van der Waals surface area contributed by atoms with E-state index < -0.39 is 84.1 Å². The quantitative estimate of drug-likeness (QED) is 0.120. The van der Waals surface area contributed by atoms with Crippen molar-refractivity contribution in [1.29, 1.82) is 0 Å². The highest BCUT2D eigenvalue weighted by Crippen LogP contribution is 2.36. The Kier molecular flexibility index (Phi) is 18.6. The smallest absolute Gasteiger partial charge is 0.370 e. The van der Waals surface area contributed by atoms with E-state index in [0.29, 0.717) is 0 Å². The standard InChI is InChI=1S/C14H26NO7P.C12H19NO6.C3H7NO/c1-6(7(2)16)12-11(15-8(3)17)10(18)5-14(22-12,13(19)20)21-9(4)23;1-5(6(2)14)11-10(13-7(3)15)8(16)4-9(19-11)12(17)18;1-3(5)4-2/h6-7,9-12,16,18H,5,23H2,1-4H3,(H,15,17)(H,19,20);4-6,8,10-11,14,16H,1-3H3,(H,13,15)(H,17,18);1-2H3,(H,4,5)/t6-,7-,9?,10+,11-,12?,14-;5-,6-,8+,10-,11?;/m00./s1. The number of nitrogens with one attached hydrogen (secondary N) is 3. The molecule has 17 nitrogen and oxygen atoms in total. The van der Waals surface area contributed by atoms with E-state index >= 15 is 0 Å². The molecule has 0 aromatic carbocycles. The third kappa shape index (κ3) is 14.0. The summed E-state index contributed by atoms with van der Waals surface area (Å²) in [6.07, 6.45) is -5.04. The Balaban J connectivity index is 0.000000797. The maximum atomic E-state index is 11.7. The molecule has 2 aliphatic heterocycles. The van der Waals surface area contributed by atoms with Gasteiger partial charge in [0.25, 0.3) is 5.79 Å². The molecule has 18 heteroatoms. The molecular formula is C29H52N3O14P. The minimum atomic E-state index is -2.04. The van der Waals surface area contributed by atoms with Crippen LogP contribution in [0.1, 0.15) is 61.8 Å². The van der Waals surface area contributed by atoms with Crippen LogP contribution in [0.3, 0.4) is 0 Å². The molecule has 9 N–H and O–H groups in total. The summed E-state index contributed by atoms with van der Waals surface area (Å²) in [5, 5.41) is 65.7. The van der Waals surface area contributed by atoms with Gasteiger partial charge in [0.15, 0.2) is 0 Å². The molecule has 3 amide bonds. The molecule has 1 fully saturated rings. The predicted molar refractivity (Wildman–Crippen MR) is 169 cm³/mol. The molecule has 47 heavy (non-hydrogen) atoms. The highest BCUT2D eigenvalue weighted by molar-refractivity contribution is 7.17. The Morgan fingerprint density at radius 2 is 1.32 bits per heavy atom. The van der Waals surface area contributed by atoms with Gasteiger partial charge in [-0.1, -0.05) is 13.8 Å². The summed E-state index contributed by atoms with van der Waals surface area (Å²) in [6, 6.07) is -1.64. The van der Waals surface area contributed by atoms with Gasteiger partial charge in [-0.2, -0.15) is 0 Å². The maximum Gasteiger partial charge on any atom is 0.370 e. The van der Waals surface area contributed by atoms with Gasteiger partial charge in [-0.15, -0.1) is 9.24 Å². The zero-order valence-corrected chi connectivity index (χ0v) is 29.3. The Bertz CT molecular complexity index is 1100. The number of carbonyl (C=O) groups is 5. The van der Waals surface area contributed by atoms with E-state index in [-0.39, 0.29) is 29.9 Å². The number of ether oxygens (including phenoxy) is 3. The van der Waals surface area contributed by atoms with Crippen LogP contribution in [0.2, 0.25) is 0 Å². The number of carbonyl (C=O) groups excluding carboxylic acids is 3. The molecular weight excluding hydrogens is 645 g/mol. The largest absolute Gasteiger partial charge is 0.481 e. The topological polar surface area (TPSA) is 271 Å². The summed E-state index contributed by atoms with van der Waals surface area (Å²) >= 11 is 0. The molecule has 0 aromatic rings. The lowest BCUT2D eigenvalue weighted by Gasteiger charge is -2.47. The van der Waals surface area contributed by atoms with Crippen molar-refractivity contribution < 1.29 is 68.8 Å². The number of aliphatic hydroxyl groups excluding tert-OH is 4. The summed E-state index contributed by atoms with van der Waals surface area (Å²) < 4.78 is 16.4. The Morgan fingerprint density at radius 3 is 1.68 bits per heavy atom. The van der Waals surface area contributed by atoms with Crippen molar-refractivity contribution in [2.24, 2.45) is 11.8 Å². The van der Waals surface area contributed by atoms with E-state index in [9.17, 15) is 49.5 Å². The second-order valence-corrected chi connectivity index (χ2v) is 12.5. The Hall–Kier alpha value is -2.92. The van der Waals surface area contributed by atoms with Crippen molar-refractivity contribution in [3.63, 3.8) is 0 Å². The van der Waals surface area contributed by atoms with Crippen LogP contribution in [0, 0.1) is 11.8 Å². The van der Waals surface area contributed by atoms with Crippen molar-refractivity contribution in [2.45, 2.75) is 122 Å².